The number of aliphatic hydroxyl groups excluding tert-OH is 1. The molecule has 0 heterocycles. The molecule has 2 fully saturated rings. The van der Waals surface area contributed by atoms with Gasteiger partial charge in [-0.05, 0) is 37.0 Å². The van der Waals surface area contributed by atoms with Gasteiger partial charge in [-0.2, -0.15) is 0 Å². The SMILES string of the molecule is NC(CC1(CNC2CCCCC2CO)CC1)=NO. The zero-order valence-electron chi connectivity index (χ0n) is 10.9. The highest BCUT2D eigenvalue weighted by Gasteiger charge is 2.43. The molecule has 0 amide bonds. The summed E-state index contributed by atoms with van der Waals surface area (Å²) in [6, 6.07) is 0.438. The smallest absolute Gasteiger partial charge is 0.139 e. The molecule has 0 saturated heterocycles. The van der Waals surface area contributed by atoms with Crippen LogP contribution in [0.25, 0.3) is 0 Å². The Balaban J connectivity index is 1.80. The van der Waals surface area contributed by atoms with Crippen molar-refractivity contribution < 1.29 is 10.3 Å². The van der Waals surface area contributed by atoms with Crippen LogP contribution in [0.3, 0.4) is 0 Å². The first-order chi connectivity index (χ1) is 8.69. The van der Waals surface area contributed by atoms with Gasteiger partial charge in [0.05, 0.1) is 0 Å². The lowest BCUT2D eigenvalue weighted by atomic mass is 9.84. The largest absolute Gasteiger partial charge is 0.409 e. The molecule has 0 spiro atoms. The average Bonchev–Trinajstić information content (AvgIpc) is 3.16. The van der Waals surface area contributed by atoms with E-state index in [2.05, 4.69) is 10.5 Å². The van der Waals surface area contributed by atoms with Crippen LogP contribution in [0.15, 0.2) is 5.16 Å². The van der Waals surface area contributed by atoms with Crippen LogP contribution < -0.4 is 11.1 Å². The summed E-state index contributed by atoms with van der Waals surface area (Å²) in [5, 5.41) is 24.7. The van der Waals surface area contributed by atoms with Crippen LogP contribution in [0.5, 0.6) is 0 Å². The van der Waals surface area contributed by atoms with Gasteiger partial charge in [-0.25, -0.2) is 0 Å². The summed E-state index contributed by atoms with van der Waals surface area (Å²) in [5.74, 6) is 0.732. The van der Waals surface area contributed by atoms with Crippen molar-refractivity contribution in [1.29, 1.82) is 0 Å². The highest BCUT2D eigenvalue weighted by atomic mass is 16.4. The monoisotopic (exact) mass is 255 g/mol. The summed E-state index contributed by atoms with van der Waals surface area (Å²) in [6.45, 7) is 1.20. The van der Waals surface area contributed by atoms with E-state index in [9.17, 15) is 5.11 Å². The number of hydrogen-bond acceptors (Lipinski definition) is 4. The van der Waals surface area contributed by atoms with Gasteiger partial charge in [-0.3, -0.25) is 0 Å². The minimum Gasteiger partial charge on any atom is -0.409 e. The summed E-state index contributed by atoms with van der Waals surface area (Å²) < 4.78 is 0. The van der Waals surface area contributed by atoms with Gasteiger partial charge in [0.15, 0.2) is 0 Å². The number of nitrogens with one attached hydrogen (secondary N) is 1. The standard InChI is InChI=1S/C13H25N3O2/c14-12(16-18)7-13(5-6-13)9-15-11-4-2-1-3-10(11)8-17/h10-11,15,17-18H,1-9H2,(H2,14,16). The summed E-state index contributed by atoms with van der Waals surface area (Å²) in [4.78, 5) is 0. The van der Waals surface area contributed by atoms with Crippen molar-refractivity contribution in [3.8, 4) is 0 Å². The van der Waals surface area contributed by atoms with Crippen LogP contribution in [-0.2, 0) is 0 Å². The molecule has 5 N–H and O–H groups in total. The molecule has 0 aromatic carbocycles. The topological polar surface area (TPSA) is 90.9 Å². The molecule has 2 saturated carbocycles. The molecule has 0 bridgehead atoms. The Labute approximate surface area is 108 Å². The van der Waals surface area contributed by atoms with E-state index in [1.54, 1.807) is 0 Å². The third kappa shape index (κ3) is 3.36. The van der Waals surface area contributed by atoms with E-state index < -0.39 is 0 Å². The number of oxime groups is 1. The Morgan fingerprint density at radius 2 is 2.06 bits per heavy atom. The molecule has 0 radical (unpaired) electrons. The van der Waals surface area contributed by atoms with Crippen LogP contribution >= 0.6 is 0 Å². The fourth-order valence-corrected chi connectivity index (χ4v) is 3.05. The zero-order chi connectivity index (χ0) is 13.0. The number of amidine groups is 1. The van der Waals surface area contributed by atoms with E-state index in [-0.39, 0.29) is 12.0 Å². The highest BCUT2D eigenvalue weighted by molar-refractivity contribution is 5.80. The molecule has 5 heteroatoms. The number of nitrogens with zero attached hydrogens (tertiary/aromatic N) is 1. The third-order valence-electron chi connectivity index (χ3n) is 4.52. The van der Waals surface area contributed by atoms with Crippen molar-refractivity contribution in [3.05, 3.63) is 0 Å². The molecule has 0 aromatic heterocycles. The van der Waals surface area contributed by atoms with Crippen LogP contribution in [0, 0.1) is 11.3 Å². The Bertz CT molecular complexity index is 303. The van der Waals surface area contributed by atoms with Crippen LogP contribution in [-0.4, -0.2) is 35.3 Å². The molecule has 0 aliphatic heterocycles. The first-order valence-corrected chi connectivity index (χ1v) is 7.00. The fraction of sp³-hybridized carbons (Fsp3) is 0.923. The fourth-order valence-electron chi connectivity index (χ4n) is 3.05. The van der Waals surface area contributed by atoms with E-state index in [4.69, 9.17) is 10.9 Å². The van der Waals surface area contributed by atoms with Gasteiger partial charge in [0.2, 0.25) is 0 Å². The minimum absolute atomic E-state index is 0.202. The van der Waals surface area contributed by atoms with Crippen LogP contribution in [0.4, 0.5) is 0 Å². The molecule has 2 rings (SSSR count). The molecule has 2 aliphatic rings. The van der Waals surface area contributed by atoms with Crippen molar-refractivity contribution in [3.63, 3.8) is 0 Å². The number of aliphatic hydroxyl groups is 1. The molecule has 0 aromatic rings. The Morgan fingerprint density at radius 3 is 2.67 bits per heavy atom. The normalized spacial score (nSPS) is 31.3. The van der Waals surface area contributed by atoms with Gasteiger partial charge in [0.1, 0.15) is 5.84 Å². The maximum absolute atomic E-state index is 9.38. The summed E-state index contributed by atoms with van der Waals surface area (Å²) in [7, 11) is 0. The Kier molecular flexibility index (Phi) is 4.45. The van der Waals surface area contributed by atoms with Gasteiger partial charge in [-0.1, -0.05) is 18.0 Å². The van der Waals surface area contributed by atoms with E-state index in [0.29, 0.717) is 24.2 Å². The van der Waals surface area contributed by atoms with Gasteiger partial charge in [0.25, 0.3) is 0 Å². The Hall–Kier alpha value is -0.810. The number of rotatable bonds is 6. The van der Waals surface area contributed by atoms with Gasteiger partial charge < -0.3 is 21.4 Å². The van der Waals surface area contributed by atoms with Crippen molar-refractivity contribution in [2.75, 3.05) is 13.2 Å². The molecular weight excluding hydrogens is 230 g/mol. The molecule has 2 aliphatic carbocycles. The second-order valence-electron chi connectivity index (χ2n) is 5.98. The van der Waals surface area contributed by atoms with Gasteiger partial charge in [0, 0.05) is 25.6 Å². The summed E-state index contributed by atoms with van der Waals surface area (Å²) in [5.41, 5.74) is 5.80. The minimum atomic E-state index is 0.202. The zero-order valence-corrected chi connectivity index (χ0v) is 10.9. The molecular formula is C13H25N3O2. The van der Waals surface area contributed by atoms with E-state index in [0.717, 1.165) is 32.2 Å². The highest BCUT2D eigenvalue weighted by Crippen LogP contribution is 2.48. The lowest BCUT2D eigenvalue weighted by Crippen LogP contribution is -2.43. The van der Waals surface area contributed by atoms with Gasteiger partial charge in [-0.15, -0.1) is 0 Å². The van der Waals surface area contributed by atoms with E-state index in [1.165, 1.54) is 12.8 Å². The second kappa shape index (κ2) is 5.89. The van der Waals surface area contributed by atoms with E-state index >= 15 is 0 Å². The summed E-state index contributed by atoms with van der Waals surface area (Å²) in [6.07, 6.45) is 7.73. The van der Waals surface area contributed by atoms with Crippen molar-refractivity contribution >= 4 is 5.84 Å². The predicted molar refractivity (Wildman–Crippen MR) is 70.5 cm³/mol. The molecule has 5 nitrogen and oxygen atoms in total. The van der Waals surface area contributed by atoms with Crippen LogP contribution in [0.1, 0.15) is 44.9 Å². The molecule has 2 unspecified atom stereocenters. The lowest BCUT2D eigenvalue weighted by Gasteiger charge is -2.32. The lowest BCUT2D eigenvalue weighted by molar-refractivity contribution is 0.149. The van der Waals surface area contributed by atoms with Gasteiger partial charge >= 0.3 is 0 Å². The van der Waals surface area contributed by atoms with Crippen molar-refractivity contribution in [2.45, 2.75) is 51.0 Å². The average molecular weight is 255 g/mol. The predicted octanol–water partition coefficient (Wildman–Crippen LogP) is 1.04. The van der Waals surface area contributed by atoms with Crippen molar-refractivity contribution in [2.24, 2.45) is 22.2 Å². The molecule has 2 atom stereocenters. The summed E-state index contributed by atoms with van der Waals surface area (Å²) >= 11 is 0. The molecule has 104 valence electrons. The maximum atomic E-state index is 9.38. The first kappa shape index (κ1) is 13.6. The number of hydrogen-bond donors (Lipinski definition) is 4. The number of nitrogens with two attached hydrogens (primary N) is 1. The third-order valence-corrected chi connectivity index (χ3v) is 4.52. The maximum Gasteiger partial charge on any atom is 0.139 e. The van der Waals surface area contributed by atoms with Crippen molar-refractivity contribution in [1.82, 2.24) is 5.32 Å². The van der Waals surface area contributed by atoms with E-state index in [1.807, 2.05) is 0 Å². The van der Waals surface area contributed by atoms with Crippen LogP contribution in [0.2, 0.25) is 0 Å². The quantitative estimate of drug-likeness (QED) is 0.247. The first-order valence-electron chi connectivity index (χ1n) is 7.00. The molecule has 18 heavy (non-hydrogen) atoms. The second-order valence-corrected chi connectivity index (χ2v) is 5.98. The Morgan fingerprint density at radius 1 is 1.33 bits per heavy atom.